The summed E-state index contributed by atoms with van der Waals surface area (Å²) in [6.07, 6.45) is 0.402. The molecule has 0 aromatic heterocycles. The minimum atomic E-state index is -0.247. The van der Waals surface area contributed by atoms with E-state index in [0.717, 1.165) is 16.7 Å². The topological polar surface area (TPSA) is 67.4 Å². The van der Waals surface area contributed by atoms with Gasteiger partial charge in [-0.2, -0.15) is 0 Å². The molecule has 2 N–H and O–H groups in total. The van der Waals surface area contributed by atoms with Crippen LogP contribution in [0.15, 0.2) is 36.4 Å². The van der Waals surface area contributed by atoms with Gasteiger partial charge in [-0.05, 0) is 55.7 Å². The Morgan fingerprint density at radius 2 is 1.48 bits per heavy atom. The van der Waals surface area contributed by atoms with E-state index in [2.05, 4.69) is 10.6 Å². The molecule has 0 heterocycles. The Morgan fingerprint density at radius 1 is 0.880 bits per heavy atom. The molecule has 0 atom stereocenters. The predicted molar refractivity (Wildman–Crippen MR) is 100 cm³/mol. The molecule has 2 aromatic rings. The van der Waals surface area contributed by atoms with Gasteiger partial charge in [-0.1, -0.05) is 25.1 Å². The van der Waals surface area contributed by atoms with Crippen LogP contribution in [0.2, 0.25) is 0 Å². The van der Waals surface area contributed by atoms with Crippen LogP contribution in [0.5, 0.6) is 5.75 Å². The van der Waals surface area contributed by atoms with Gasteiger partial charge in [-0.15, -0.1) is 0 Å². The Labute approximate surface area is 148 Å². The summed E-state index contributed by atoms with van der Waals surface area (Å²) in [5, 5.41) is 5.65. The maximum Gasteiger partial charge on any atom is 0.262 e. The first kappa shape index (κ1) is 18.5. The van der Waals surface area contributed by atoms with Gasteiger partial charge in [0.05, 0.1) is 0 Å². The van der Waals surface area contributed by atoms with Crippen LogP contribution in [0.3, 0.4) is 0 Å². The molecule has 25 heavy (non-hydrogen) atoms. The average Bonchev–Trinajstić information content (AvgIpc) is 2.59. The highest BCUT2D eigenvalue weighted by atomic mass is 16.5. The van der Waals surface area contributed by atoms with Crippen molar-refractivity contribution in [1.82, 2.24) is 0 Å². The van der Waals surface area contributed by atoms with Gasteiger partial charge in [0.1, 0.15) is 5.75 Å². The quantitative estimate of drug-likeness (QED) is 0.836. The summed E-state index contributed by atoms with van der Waals surface area (Å²) >= 11 is 0. The number of carbonyl (C=O) groups is 2. The van der Waals surface area contributed by atoms with Crippen LogP contribution in [-0.4, -0.2) is 18.4 Å². The minimum Gasteiger partial charge on any atom is -0.483 e. The van der Waals surface area contributed by atoms with Gasteiger partial charge >= 0.3 is 0 Å². The standard InChI is InChI=1S/C20H24N2O3/c1-5-19(23)21-16-9-7-10-17(15(16)4)22-20(24)12-25-18-11-6-8-13(2)14(18)3/h6-11H,5,12H2,1-4H3,(H,21,23)(H,22,24). The van der Waals surface area contributed by atoms with Crippen LogP contribution in [0.4, 0.5) is 11.4 Å². The van der Waals surface area contributed by atoms with Crippen LogP contribution in [0.25, 0.3) is 0 Å². The molecule has 5 heteroatoms. The van der Waals surface area contributed by atoms with Crippen LogP contribution in [0, 0.1) is 20.8 Å². The molecule has 0 spiro atoms. The number of ether oxygens (including phenoxy) is 1. The fraction of sp³-hybridized carbons (Fsp3) is 0.300. The molecule has 0 aliphatic heterocycles. The highest BCUT2D eigenvalue weighted by Crippen LogP contribution is 2.24. The van der Waals surface area contributed by atoms with Gasteiger partial charge in [-0.3, -0.25) is 9.59 Å². The normalized spacial score (nSPS) is 10.2. The van der Waals surface area contributed by atoms with Gasteiger partial charge in [-0.25, -0.2) is 0 Å². The van der Waals surface area contributed by atoms with Crippen molar-refractivity contribution in [2.75, 3.05) is 17.2 Å². The van der Waals surface area contributed by atoms with E-state index >= 15 is 0 Å². The zero-order chi connectivity index (χ0) is 18.4. The van der Waals surface area contributed by atoms with E-state index in [1.54, 1.807) is 19.1 Å². The van der Waals surface area contributed by atoms with Gasteiger partial charge in [0.25, 0.3) is 5.91 Å². The molecule has 2 amide bonds. The molecule has 0 radical (unpaired) electrons. The van der Waals surface area contributed by atoms with Crippen molar-refractivity contribution >= 4 is 23.2 Å². The molecule has 0 fully saturated rings. The van der Waals surface area contributed by atoms with Crippen molar-refractivity contribution < 1.29 is 14.3 Å². The second-order valence-electron chi connectivity index (χ2n) is 5.91. The number of rotatable bonds is 6. The Bertz CT molecular complexity index is 785. The monoisotopic (exact) mass is 340 g/mol. The number of anilines is 2. The fourth-order valence-electron chi connectivity index (χ4n) is 2.36. The molecule has 0 unspecified atom stereocenters. The lowest BCUT2D eigenvalue weighted by atomic mass is 10.1. The third-order valence-corrected chi connectivity index (χ3v) is 4.12. The van der Waals surface area contributed by atoms with Crippen molar-refractivity contribution in [3.05, 3.63) is 53.1 Å². The summed E-state index contributed by atoms with van der Waals surface area (Å²) in [5.74, 6) is 0.392. The third kappa shape index (κ3) is 4.83. The first-order chi connectivity index (χ1) is 11.9. The molecule has 132 valence electrons. The van der Waals surface area contributed by atoms with Crippen molar-refractivity contribution in [2.45, 2.75) is 34.1 Å². The largest absolute Gasteiger partial charge is 0.483 e. The molecule has 2 rings (SSSR count). The zero-order valence-corrected chi connectivity index (χ0v) is 15.1. The number of nitrogens with one attached hydrogen (secondary N) is 2. The summed E-state index contributed by atoms with van der Waals surface area (Å²) < 4.78 is 5.62. The van der Waals surface area contributed by atoms with E-state index < -0.39 is 0 Å². The molecule has 0 bridgehead atoms. The summed E-state index contributed by atoms with van der Waals surface area (Å²) in [5.41, 5.74) is 4.30. The molecule has 0 aliphatic carbocycles. The number of hydrogen-bond donors (Lipinski definition) is 2. The summed E-state index contributed by atoms with van der Waals surface area (Å²) in [7, 11) is 0. The number of carbonyl (C=O) groups excluding carboxylic acids is 2. The van der Waals surface area contributed by atoms with Crippen LogP contribution >= 0.6 is 0 Å². The molecule has 5 nitrogen and oxygen atoms in total. The zero-order valence-electron chi connectivity index (χ0n) is 15.1. The summed E-state index contributed by atoms with van der Waals surface area (Å²) in [6.45, 7) is 7.54. The molecule has 0 aliphatic rings. The third-order valence-electron chi connectivity index (χ3n) is 4.12. The van der Waals surface area contributed by atoms with Crippen molar-refractivity contribution in [2.24, 2.45) is 0 Å². The number of hydrogen-bond acceptors (Lipinski definition) is 3. The summed E-state index contributed by atoms with van der Waals surface area (Å²) in [6, 6.07) is 11.2. The second-order valence-corrected chi connectivity index (χ2v) is 5.91. The van der Waals surface area contributed by atoms with Gasteiger partial charge < -0.3 is 15.4 Å². The molecular weight excluding hydrogens is 316 g/mol. The predicted octanol–water partition coefficient (Wildman–Crippen LogP) is 3.98. The van der Waals surface area contributed by atoms with Gasteiger partial charge in [0.2, 0.25) is 5.91 Å². The minimum absolute atomic E-state index is 0.0650. The van der Waals surface area contributed by atoms with E-state index in [0.29, 0.717) is 23.5 Å². The first-order valence-corrected chi connectivity index (χ1v) is 8.30. The lowest BCUT2D eigenvalue weighted by molar-refractivity contribution is -0.118. The van der Waals surface area contributed by atoms with Crippen molar-refractivity contribution in [3.63, 3.8) is 0 Å². The number of aryl methyl sites for hydroxylation is 1. The van der Waals surface area contributed by atoms with Crippen LogP contribution in [-0.2, 0) is 9.59 Å². The van der Waals surface area contributed by atoms with Gasteiger partial charge in [0.15, 0.2) is 6.61 Å². The maximum absolute atomic E-state index is 12.2. The summed E-state index contributed by atoms with van der Waals surface area (Å²) in [4.78, 5) is 23.8. The van der Waals surface area contributed by atoms with E-state index in [1.165, 1.54) is 0 Å². The highest BCUT2D eigenvalue weighted by Gasteiger charge is 2.10. The Balaban J connectivity index is 2.02. The van der Waals surface area contributed by atoms with Gasteiger partial charge in [0, 0.05) is 17.8 Å². The van der Waals surface area contributed by atoms with E-state index in [-0.39, 0.29) is 18.4 Å². The fourth-order valence-corrected chi connectivity index (χ4v) is 2.36. The highest BCUT2D eigenvalue weighted by molar-refractivity contribution is 5.96. The van der Waals surface area contributed by atoms with Crippen LogP contribution < -0.4 is 15.4 Å². The molecule has 2 aromatic carbocycles. The molecule has 0 saturated heterocycles. The Kier molecular flexibility index (Phi) is 6.17. The first-order valence-electron chi connectivity index (χ1n) is 8.30. The molecular formula is C20H24N2O3. The number of amides is 2. The van der Waals surface area contributed by atoms with Crippen LogP contribution in [0.1, 0.15) is 30.0 Å². The SMILES string of the molecule is CCC(=O)Nc1cccc(NC(=O)COc2cccc(C)c2C)c1C. The number of benzene rings is 2. The van der Waals surface area contributed by atoms with Crippen molar-refractivity contribution in [3.8, 4) is 5.75 Å². The van der Waals surface area contributed by atoms with E-state index in [4.69, 9.17) is 4.74 Å². The van der Waals surface area contributed by atoms with Crippen molar-refractivity contribution in [1.29, 1.82) is 0 Å². The Hall–Kier alpha value is -2.82. The molecule has 0 saturated carbocycles. The lowest BCUT2D eigenvalue weighted by Gasteiger charge is -2.14. The Morgan fingerprint density at radius 3 is 2.12 bits per heavy atom. The maximum atomic E-state index is 12.2. The van der Waals surface area contributed by atoms with E-state index in [1.807, 2.05) is 45.0 Å². The smallest absolute Gasteiger partial charge is 0.262 e. The average molecular weight is 340 g/mol. The van der Waals surface area contributed by atoms with E-state index in [9.17, 15) is 9.59 Å². The second kappa shape index (κ2) is 8.33. The lowest BCUT2D eigenvalue weighted by Crippen LogP contribution is -2.21.